The first-order chi connectivity index (χ1) is 10.1. The van der Waals surface area contributed by atoms with E-state index in [-0.39, 0.29) is 11.7 Å². The van der Waals surface area contributed by atoms with Crippen molar-refractivity contribution in [3.63, 3.8) is 0 Å². The molecule has 0 spiro atoms. The van der Waals surface area contributed by atoms with Crippen LogP contribution in [0.2, 0.25) is 0 Å². The van der Waals surface area contributed by atoms with Crippen molar-refractivity contribution in [1.29, 1.82) is 0 Å². The third-order valence-electron chi connectivity index (χ3n) is 3.73. The van der Waals surface area contributed by atoms with Gasteiger partial charge in [0.05, 0.1) is 11.5 Å². The van der Waals surface area contributed by atoms with Crippen LogP contribution in [0.5, 0.6) is 0 Å². The number of hydrogen-bond acceptors (Lipinski definition) is 6. The molecule has 21 heavy (non-hydrogen) atoms. The van der Waals surface area contributed by atoms with Crippen molar-refractivity contribution in [2.24, 2.45) is 5.92 Å². The van der Waals surface area contributed by atoms with Gasteiger partial charge in [-0.1, -0.05) is 13.8 Å². The Bertz CT molecular complexity index is 574. The van der Waals surface area contributed by atoms with E-state index >= 15 is 0 Å². The van der Waals surface area contributed by atoms with Crippen molar-refractivity contribution in [2.75, 3.05) is 35.2 Å². The van der Waals surface area contributed by atoms with Crippen LogP contribution in [0.3, 0.4) is 0 Å². The zero-order valence-corrected chi connectivity index (χ0v) is 13.5. The summed E-state index contributed by atoms with van der Waals surface area (Å²) in [6.45, 7) is 5.71. The first-order valence-corrected chi connectivity index (χ1v) is 9.40. The zero-order valence-electron chi connectivity index (χ0n) is 12.7. The highest BCUT2D eigenvalue weighted by Gasteiger charge is 2.27. The van der Waals surface area contributed by atoms with Gasteiger partial charge in [0.1, 0.15) is 18.0 Å². The molecule has 2 heterocycles. The van der Waals surface area contributed by atoms with Gasteiger partial charge in [0.25, 0.3) is 0 Å². The standard InChI is InChI=1S/C14H24N4O2S/c1-3-6-15-13-12(4-2)14(18-10-17-13)16-8-11-5-7-21(19,20)9-11/h10-11H,3-9H2,1-2H3,(H2,15,16,17,18). The molecule has 1 atom stereocenters. The largest absolute Gasteiger partial charge is 0.370 e. The predicted octanol–water partition coefficient (Wildman–Crippen LogP) is 1.71. The fourth-order valence-electron chi connectivity index (χ4n) is 2.57. The average molecular weight is 312 g/mol. The summed E-state index contributed by atoms with van der Waals surface area (Å²) < 4.78 is 23.0. The lowest BCUT2D eigenvalue weighted by molar-refractivity contribution is 0.595. The maximum Gasteiger partial charge on any atom is 0.150 e. The highest BCUT2D eigenvalue weighted by Crippen LogP contribution is 2.23. The highest BCUT2D eigenvalue weighted by atomic mass is 32.2. The fraction of sp³-hybridized carbons (Fsp3) is 0.714. The third-order valence-corrected chi connectivity index (χ3v) is 5.56. The summed E-state index contributed by atoms with van der Waals surface area (Å²) in [5.41, 5.74) is 1.06. The summed E-state index contributed by atoms with van der Waals surface area (Å²) in [5.74, 6) is 2.47. The molecule has 0 saturated carbocycles. The minimum absolute atomic E-state index is 0.182. The van der Waals surface area contributed by atoms with Gasteiger partial charge < -0.3 is 10.6 Å². The molecule has 0 aliphatic carbocycles. The maximum absolute atomic E-state index is 11.5. The smallest absolute Gasteiger partial charge is 0.150 e. The Balaban J connectivity index is 2.02. The van der Waals surface area contributed by atoms with E-state index in [2.05, 4.69) is 34.4 Å². The molecule has 118 valence electrons. The quantitative estimate of drug-likeness (QED) is 0.797. The van der Waals surface area contributed by atoms with Gasteiger partial charge in [-0.15, -0.1) is 0 Å². The molecule has 0 aromatic carbocycles. The summed E-state index contributed by atoms with van der Waals surface area (Å²) in [6.07, 6.45) is 4.15. The van der Waals surface area contributed by atoms with Crippen molar-refractivity contribution in [1.82, 2.24) is 9.97 Å². The van der Waals surface area contributed by atoms with E-state index in [1.807, 2.05) is 0 Å². The van der Waals surface area contributed by atoms with Crippen molar-refractivity contribution < 1.29 is 8.42 Å². The van der Waals surface area contributed by atoms with E-state index < -0.39 is 9.84 Å². The second-order valence-corrected chi connectivity index (χ2v) is 7.71. The lowest BCUT2D eigenvalue weighted by Gasteiger charge is -2.15. The van der Waals surface area contributed by atoms with E-state index in [9.17, 15) is 8.42 Å². The van der Waals surface area contributed by atoms with Gasteiger partial charge in [0.2, 0.25) is 0 Å². The predicted molar refractivity (Wildman–Crippen MR) is 85.4 cm³/mol. The molecule has 1 unspecified atom stereocenters. The van der Waals surface area contributed by atoms with Gasteiger partial charge in [0.15, 0.2) is 9.84 Å². The van der Waals surface area contributed by atoms with Gasteiger partial charge in [-0.05, 0) is 25.2 Å². The van der Waals surface area contributed by atoms with Crippen LogP contribution in [0, 0.1) is 5.92 Å². The molecule has 1 aromatic heterocycles. The van der Waals surface area contributed by atoms with Crippen molar-refractivity contribution in [3.05, 3.63) is 11.9 Å². The SMILES string of the molecule is CCCNc1ncnc(NCC2CCS(=O)(=O)C2)c1CC. The number of anilines is 2. The van der Waals surface area contributed by atoms with Gasteiger partial charge in [-0.2, -0.15) is 0 Å². The molecule has 7 heteroatoms. The van der Waals surface area contributed by atoms with Crippen LogP contribution in [-0.2, 0) is 16.3 Å². The summed E-state index contributed by atoms with van der Waals surface area (Å²) >= 11 is 0. The lowest BCUT2D eigenvalue weighted by atomic mass is 10.1. The molecule has 1 aliphatic heterocycles. The van der Waals surface area contributed by atoms with Gasteiger partial charge in [0, 0.05) is 18.7 Å². The van der Waals surface area contributed by atoms with E-state index in [4.69, 9.17) is 0 Å². The third kappa shape index (κ3) is 4.30. The number of nitrogens with one attached hydrogen (secondary N) is 2. The second kappa shape index (κ2) is 7.06. The molecule has 1 aromatic rings. The molecular weight excluding hydrogens is 288 g/mol. The molecule has 2 N–H and O–H groups in total. The summed E-state index contributed by atoms with van der Waals surface area (Å²) in [5, 5.41) is 6.61. The Morgan fingerprint density at radius 3 is 2.52 bits per heavy atom. The number of aromatic nitrogens is 2. The Hall–Kier alpha value is -1.37. The van der Waals surface area contributed by atoms with E-state index in [0.717, 1.165) is 43.0 Å². The van der Waals surface area contributed by atoms with Crippen molar-refractivity contribution in [3.8, 4) is 0 Å². The Morgan fingerprint density at radius 2 is 1.95 bits per heavy atom. The van der Waals surface area contributed by atoms with Gasteiger partial charge in [-0.25, -0.2) is 18.4 Å². The molecule has 0 radical (unpaired) electrons. The minimum Gasteiger partial charge on any atom is -0.370 e. The minimum atomic E-state index is -2.82. The zero-order chi connectivity index (χ0) is 15.3. The normalized spacial score (nSPS) is 20.4. The van der Waals surface area contributed by atoms with Crippen LogP contribution in [0.1, 0.15) is 32.3 Å². The Kier molecular flexibility index (Phi) is 5.39. The summed E-state index contributed by atoms with van der Waals surface area (Å²) in [7, 11) is -2.82. The van der Waals surface area contributed by atoms with Crippen molar-refractivity contribution in [2.45, 2.75) is 33.1 Å². The molecular formula is C14H24N4O2S. The summed E-state index contributed by atoms with van der Waals surface area (Å²) in [4.78, 5) is 8.60. The Morgan fingerprint density at radius 1 is 1.24 bits per heavy atom. The highest BCUT2D eigenvalue weighted by molar-refractivity contribution is 7.91. The van der Waals surface area contributed by atoms with Gasteiger partial charge in [-0.3, -0.25) is 0 Å². The maximum atomic E-state index is 11.5. The number of nitrogens with zero attached hydrogens (tertiary/aromatic N) is 2. The van der Waals surface area contributed by atoms with Crippen LogP contribution in [0.25, 0.3) is 0 Å². The second-order valence-electron chi connectivity index (χ2n) is 5.48. The number of sulfone groups is 1. The molecule has 2 rings (SSSR count). The fourth-order valence-corrected chi connectivity index (χ4v) is 4.43. The van der Waals surface area contributed by atoms with Crippen LogP contribution in [0.4, 0.5) is 11.6 Å². The van der Waals surface area contributed by atoms with Crippen LogP contribution in [-0.4, -0.2) is 43.0 Å². The number of hydrogen-bond donors (Lipinski definition) is 2. The monoisotopic (exact) mass is 312 g/mol. The molecule has 1 aliphatic rings. The van der Waals surface area contributed by atoms with E-state index in [1.54, 1.807) is 6.33 Å². The number of rotatable bonds is 7. The van der Waals surface area contributed by atoms with E-state index in [1.165, 1.54) is 0 Å². The molecule has 6 nitrogen and oxygen atoms in total. The van der Waals surface area contributed by atoms with Crippen LogP contribution in [0.15, 0.2) is 6.33 Å². The average Bonchev–Trinajstić information content (AvgIpc) is 2.82. The lowest BCUT2D eigenvalue weighted by Crippen LogP contribution is -2.18. The van der Waals surface area contributed by atoms with Crippen LogP contribution >= 0.6 is 0 Å². The topological polar surface area (TPSA) is 84.0 Å². The van der Waals surface area contributed by atoms with E-state index in [0.29, 0.717) is 12.3 Å². The van der Waals surface area contributed by atoms with Crippen molar-refractivity contribution >= 4 is 21.5 Å². The molecule has 0 bridgehead atoms. The van der Waals surface area contributed by atoms with Gasteiger partial charge >= 0.3 is 0 Å². The first-order valence-electron chi connectivity index (χ1n) is 7.57. The van der Waals surface area contributed by atoms with Crippen LogP contribution < -0.4 is 10.6 Å². The summed E-state index contributed by atoms with van der Waals surface area (Å²) in [6, 6.07) is 0. The molecule has 1 saturated heterocycles. The Labute approximate surface area is 126 Å². The molecule has 0 amide bonds. The molecule has 1 fully saturated rings. The first kappa shape index (κ1) is 16.0.